The Labute approximate surface area is 181 Å². The number of fused-ring (bicyclic) bond motifs is 1. The molecule has 0 aliphatic carbocycles. The number of rotatable bonds is 7. The van der Waals surface area contributed by atoms with Gasteiger partial charge in [-0.2, -0.15) is 0 Å². The number of aromatic carboxylic acids is 1. The highest BCUT2D eigenvalue weighted by atomic mass is 32.1. The average Bonchev–Trinajstić information content (AvgIpc) is 3.42. The third-order valence-corrected chi connectivity index (χ3v) is 6.05. The first-order valence-corrected chi connectivity index (χ1v) is 10.3. The highest BCUT2D eigenvalue weighted by Gasteiger charge is 2.19. The number of carboxylic acid groups (broad SMARTS) is 1. The summed E-state index contributed by atoms with van der Waals surface area (Å²) in [5.74, 6) is 0.478. The van der Waals surface area contributed by atoms with Crippen molar-refractivity contribution in [3.8, 4) is 22.9 Å². The molecule has 9 heteroatoms. The van der Waals surface area contributed by atoms with Crippen LogP contribution in [0.2, 0.25) is 0 Å². The van der Waals surface area contributed by atoms with Gasteiger partial charge in [-0.25, -0.2) is 9.78 Å². The van der Waals surface area contributed by atoms with Crippen molar-refractivity contribution in [3.05, 3.63) is 63.1 Å². The molecule has 0 aliphatic heterocycles. The van der Waals surface area contributed by atoms with E-state index in [0.29, 0.717) is 38.9 Å². The maximum absolute atomic E-state index is 13.4. The van der Waals surface area contributed by atoms with Gasteiger partial charge in [-0.3, -0.25) is 9.36 Å². The molecule has 0 fully saturated rings. The summed E-state index contributed by atoms with van der Waals surface area (Å²) >= 11 is 1.48. The van der Waals surface area contributed by atoms with E-state index in [2.05, 4.69) is 0 Å². The second kappa shape index (κ2) is 8.27. The maximum atomic E-state index is 13.4. The minimum Gasteiger partial charge on any atom is -0.493 e. The van der Waals surface area contributed by atoms with E-state index in [1.165, 1.54) is 29.1 Å². The number of benzene rings is 1. The Bertz CT molecular complexity index is 1330. The lowest BCUT2D eigenvalue weighted by molar-refractivity contribution is 0.0660. The summed E-state index contributed by atoms with van der Waals surface area (Å²) in [4.78, 5) is 31.0. The van der Waals surface area contributed by atoms with Crippen LogP contribution in [0.4, 0.5) is 0 Å². The summed E-state index contributed by atoms with van der Waals surface area (Å²) in [6.07, 6.45) is 0.798. The van der Waals surface area contributed by atoms with Gasteiger partial charge < -0.3 is 19.0 Å². The van der Waals surface area contributed by atoms with Crippen molar-refractivity contribution in [2.45, 2.75) is 19.9 Å². The number of hydrogen-bond donors (Lipinski definition) is 1. The molecule has 160 valence electrons. The van der Waals surface area contributed by atoms with E-state index < -0.39 is 5.97 Å². The Morgan fingerprint density at radius 3 is 2.58 bits per heavy atom. The summed E-state index contributed by atoms with van der Waals surface area (Å²) in [6, 6.07) is 10.1. The Hall–Kier alpha value is -3.59. The normalized spacial score (nSPS) is 11.1. The molecule has 0 saturated carbocycles. The Morgan fingerprint density at radius 1 is 1.16 bits per heavy atom. The fourth-order valence-electron chi connectivity index (χ4n) is 3.32. The predicted octanol–water partition coefficient (Wildman–Crippen LogP) is 4.04. The molecule has 0 atom stereocenters. The number of hydrogen-bond acceptors (Lipinski definition) is 7. The third-order valence-electron chi connectivity index (χ3n) is 4.88. The number of carbonyl (C=O) groups is 1. The highest BCUT2D eigenvalue weighted by molar-refractivity contribution is 7.18. The molecular weight excluding hydrogens is 420 g/mol. The van der Waals surface area contributed by atoms with Gasteiger partial charge in [0.15, 0.2) is 11.5 Å². The molecule has 0 saturated heterocycles. The Balaban J connectivity index is 1.92. The van der Waals surface area contributed by atoms with Crippen LogP contribution in [0.15, 0.2) is 45.6 Å². The molecule has 4 rings (SSSR count). The second-order valence-electron chi connectivity index (χ2n) is 6.75. The van der Waals surface area contributed by atoms with Crippen LogP contribution >= 0.6 is 11.3 Å². The number of aromatic nitrogens is 2. The zero-order valence-electron chi connectivity index (χ0n) is 17.2. The quantitative estimate of drug-likeness (QED) is 0.462. The number of furan rings is 1. The summed E-state index contributed by atoms with van der Waals surface area (Å²) in [5.41, 5.74) is 0.437. The minimum atomic E-state index is -1.17. The van der Waals surface area contributed by atoms with Crippen LogP contribution in [-0.2, 0) is 13.0 Å². The molecule has 0 aliphatic rings. The van der Waals surface area contributed by atoms with Gasteiger partial charge in [0.2, 0.25) is 5.76 Å². The predicted molar refractivity (Wildman–Crippen MR) is 117 cm³/mol. The fourth-order valence-corrected chi connectivity index (χ4v) is 4.27. The van der Waals surface area contributed by atoms with Gasteiger partial charge in [-0.05, 0) is 42.8 Å². The lowest BCUT2D eigenvalue weighted by atomic mass is 10.1. The number of thiophene rings is 1. The van der Waals surface area contributed by atoms with Gasteiger partial charge in [-0.1, -0.05) is 6.92 Å². The molecule has 3 aromatic heterocycles. The van der Waals surface area contributed by atoms with E-state index in [1.54, 1.807) is 31.4 Å². The van der Waals surface area contributed by atoms with Crippen molar-refractivity contribution in [1.29, 1.82) is 0 Å². The first-order valence-electron chi connectivity index (χ1n) is 9.52. The van der Waals surface area contributed by atoms with Crippen LogP contribution < -0.4 is 15.0 Å². The molecule has 1 N–H and O–H groups in total. The lowest BCUT2D eigenvalue weighted by Gasteiger charge is -2.14. The SMILES string of the molecule is CCc1cc2c(=O)n(Cc3ccc(C(=O)O)o3)c(-c3ccc(OC)c(OC)c3)nc2s1. The van der Waals surface area contributed by atoms with Gasteiger partial charge in [0, 0.05) is 10.4 Å². The standard InChI is InChI=1S/C22H20N2O6S/c1-4-14-10-15-20(31-14)23-19(12-5-7-16(28-2)18(9-12)29-3)24(21(15)25)11-13-6-8-17(30-13)22(26)27/h5-10H,4,11H2,1-3H3,(H,26,27). The van der Waals surface area contributed by atoms with Crippen LogP contribution in [0.1, 0.15) is 28.1 Å². The molecule has 4 aromatic rings. The maximum Gasteiger partial charge on any atom is 0.371 e. The third kappa shape index (κ3) is 3.79. The molecule has 0 bridgehead atoms. The highest BCUT2D eigenvalue weighted by Crippen LogP contribution is 2.33. The summed E-state index contributed by atoms with van der Waals surface area (Å²) in [7, 11) is 3.08. The molecule has 0 amide bonds. The zero-order valence-corrected chi connectivity index (χ0v) is 18.0. The van der Waals surface area contributed by atoms with Crippen molar-refractivity contribution in [2.24, 2.45) is 0 Å². The summed E-state index contributed by atoms with van der Waals surface area (Å²) in [6.45, 7) is 2.06. The summed E-state index contributed by atoms with van der Waals surface area (Å²) in [5, 5.41) is 9.65. The van der Waals surface area contributed by atoms with E-state index in [-0.39, 0.29) is 17.9 Å². The number of aryl methyl sites for hydroxylation is 1. The van der Waals surface area contributed by atoms with Gasteiger partial charge in [0.25, 0.3) is 5.56 Å². The molecule has 31 heavy (non-hydrogen) atoms. The molecule has 0 unspecified atom stereocenters. The number of methoxy groups -OCH3 is 2. The van der Waals surface area contributed by atoms with E-state index in [9.17, 15) is 9.59 Å². The van der Waals surface area contributed by atoms with Crippen molar-refractivity contribution in [2.75, 3.05) is 14.2 Å². The number of ether oxygens (including phenoxy) is 2. The van der Waals surface area contributed by atoms with Gasteiger partial charge in [-0.15, -0.1) is 11.3 Å². The molecular formula is C22H20N2O6S. The largest absolute Gasteiger partial charge is 0.493 e. The van der Waals surface area contributed by atoms with E-state index in [1.807, 2.05) is 13.0 Å². The zero-order chi connectivity index (χ0) is 22.1. The van der Waals surface area contributed by atoms with Crippen molar-refractivity contribution in [1.82, 2.24) is 9.55 Å². The number of carboxylic acids is 1. The molecule has 8 nitrogen and oxygen atoms in total. The molecule has 1 aromatic carbocycles. The monoisotopic (exact) mass is 440 g/mol. The van der Waals surface area contributed by atoms with Crippen LogP contribution in [0, 0.1) is 0 Å². The lowest BCUT2D eigenvalue weighted by Crippen LogP contribution is -2.23. The van der Waals surface area contributed by atoms with E-state index in [4.69, 9.17) is 24.0 Å². The van der Waals surface area contributed by atoms with Crippen LogP contribution in [0.25, 0.3) is 21.6 Å². The van der Waals surface area contributed by atoms with Gasteiger partial charge >= 0.3 is 5.97 Å². The Kier molecular flexibility index (Phi) is 5.51. The second-order valence-corrected chi connectivity index (χ2v) is 7.87. The minimum absolute atomic E-state index is 0.0377. The van der Waals surface area contributed by atoms with Crippen LogP contribution in [0.3, 0.4) is 0 Å². The van der Waals surface area contributed by atoms with Crippen LogP contribution in [0.5, 0.6) is 11.5 Å². The average molecular weight is 440 g/mol. The van der Waals surface area contributed by atoms with Crippen molar-refractivity contribution in [3.63, 3.8) is 0 Å². The van der Waals surface area contributed by atoms with Crippen molar-refractivity contribution >= 4 is 27.5 Å². The smallest absolute Gasteiger partial charge is 0.371 e. The summed E-state index contributed by atoms with van der Waals surface area (Å²) < 4.78 is 17.6. The van der Waals surface area contributed by atoms with Gasteiger partial charge in [0.1, 0.15) is 16.4 Å². The van der Waals surface area contributed by atoms with Gasteiger partial charge in [0.05, 0.1) is 26.2 Å². The van der Waals surface area contributed by atoms with E-state index >= 15 is 0 Å². The number of nitrogens with zero attached hydrogens (tertiary/aromatic N) is 2. The molecule has 3 heterocycles. The van der Waals surface area contributed by atoms with Crippen molar-refractivity contribution < 1.29 is 23.8 Å². The van der Waals surface area contributed by atoms with E-state index in [0.717, 1.165) is 11.3 Å². The Morgan fingerprint density at radius 2 is 1.94 bits per heavy atom. The first kappa shape index (κ1) is 20.7. The molecule has 0 radical (unpaired) electrons. The topological polar surface area (TPSA) is 104 Å². The first-order chi connectivity index (χ1) is 14.9. The fraction of sp³-hybridized carbons (Fsp3) is 0.227. The molecule has 0 spiro atoms. The van der Waals surface area contributed by atoms with Crippen LogP contribution in [-0.4, -0.2) is 34.8 Å².